The summed E-state index contributed by atoms with van der Waals surface area (Å²) < 4.78 is 5.34. The Kier molecular flexibility index (Phi) is 6.05. The van der Waals surface area contributed by atoms with Crippen molar-refractivity contribution in [2.45, 2.75) is 32.7 Å². The molecule has 0 aromatic heterocycles. The fraction of sp³-hybridized carbons (Fsp3) is 0.316. The molecule has 0 spiro atoms. The number of hydrogen-bond acceptors (Lipinski definition) is 2. The molecule has 1 atom stereocenters. The van der Waals surface area contributed by atoms with Crippen LogP contribution in [0.2, 0.25) is 5.02 Å². The molecule has 4 heteroatoms. The van der Waals surface area contributed by atoms with Gasteiger partial charge in [0, 0.05) is 10.6 Å². The predicted octanol–water partition coefficient (Wildman–Crippen LogP) is 4.47. The molecule has 23 heavy (non-hydrogen) atoms. The summed E-state index contributed by atoms with van der Waals surface area (Å²) in [4.78, 5) is 12.4. The van der Waals surface area contributed by atoms with E-state index in [0.29, 0.717) is 11.4 Å². The van der Waals surface area contributed by atoms with Crippen molar-refractivity contribution in [3.8, 4) is 5.75 Å². The molecular formula is C19H22ClNO2. The molecule has 0 saturated carbocycles. The molecule has 122 valence electrons. The molecular weight excluding hydrogens is 310 g/mol. The smallest absolute Gasteiger partial charge is 0.225 e. The molecule has 0 aliphatic rings. The molecule has 0 aliphatic carbocycles. The first-order valence-corrected chi connectivity index (χ1v) is 8.09. The Morgan fingerprint density at radius 1 is 1.22 bits per heavy atom. The van der Waals surface area contributed by atoms with Crippen LogP contribution in [0.4, 0.5) is 0 Å². The van der Waals surface area contributed by atoms with Crippen LogP contribution in [0.25, 0.3) is 0 Å². The first-order chi connectivity index (χ1) is 11.0. The average molecular weight is 332 g/mol. The molecule has 0 radical (unpaired) electrons. The third-order valence-corrected chi connectivity index (χ3v) is 4.05. The number of carbonyl (C=O) groups excluding carboxylic acids is 1. The van der Waals surface area contributed by atoms with Gasteiger partial charge in [-0.05, 0) is 37.1 Å². The zero-order valence-corrected chi connectivity index (χ0v) is 14.5. The molecule has 2 aromatic carbocycles. The van der Waals surface area contributed by atoms with Gasteiger partial charge in [0.05, 0.1) is 19.6 Å². The zero-order chi connectivity index (χ0) is 16.8. The summed E-state index contributed by atoms with van der Waals surface area (Å²) in [6.07, 6.45) is 1.12. The lowest BCUT2D eigenvalue weighted by molar-refractivity contribution is -0.121. The van der Waals surface area contributed by atoms with Gasteiger partial charge in [0.15, 0.2) is 0 Å². The highest BCUT2D eigenvalue weighted by Gasteiger charge is 2.15. The SMILES string of the molecule is CCC(NC(=O)Cc1cc(C)ccc1OC)c1ccc(Cl)cc1. The first kappa shape index (κ1) is 17.4. The third-order valence-electron chi connectivity index (χ3n) is 3.80. The monoisotopic (exact) mass is 331 g/mol. The maximum atomic E-state index is 12.4. The number of benzene rings is 2. The minimum absolute atomic E-state index is 0.0179. The van der Waals surface area contributed by atoms with E-state index in [1.807, 2.05) is 56.3 Å². The second kappa shape index (κ2) is 8.02. The number of carbonyl (C=O) groups is 1. The Balaban J connectivity index is 2.08. The lowest BCUT2D eigenvalue weighted by Gasteiger charge is -2.18. The molecule has 3 nitrogen and oxygen atoms in total. The normalized spacial score (nSPS) is 11.8. The van der Waals surface area contributed by atoms with Crippen LogP contribution in [-0.4, -0.2) is 13.0 Å². The van der Waals surface area contributed by atoms with Crippen molar-refractivity contribution in [2.75, 3.05) is 7.11 Å². The van der Waals surface area contributed by atoms with E-state index in [2.05, 4.69) is 5.32 Å². The Morgan fingerprint density at radius 3 is 2.52 bits per heavy atom. The summed E-state index contributed by atoms with van der Waals surface area (Å²) in [6, 6.07) is 13.4. The molecule has 0 saturated heterocycles. The van der Waals surface area contributed by atoms with E-state index in [9.17, 15) is 4.79 Å². The number of aryl methyl sites for hydroxylation is 1. The highest BCUT2D eigenvalue weighted by atomic mass is 35.5. The van der Waals surface area contributed by atoms with Gasteiger partial charge in [-0.25, -0.2) is 0 Å². The summed E-state index contributed by atoms with van der Waals surface area (Å²) in [5.74, 6) is 0.723. The second-order valence-corrected chi connectivity index (χ2v) is 6.01. The maximum absolute atomic E-state index is 12.4. The van der Waals surface area contributed by atoms with Crippen LogP contribution in [0.5, 0.6) is 5.75 Å². The number of nitrogens with one attached hydrogen (secondary N) is 1. The number of halogens is 1. The minimum Gasteiger partial charge on any atom is -0.496 e. The van der Waals surface area contributed by atoms with Crippen molar-refractivity contribution in [3.05, 3.63) is 64.2 Å². The van der Waals surface area contributed by atoms with E-state index >= 15 is 0 Å². The minimum atomic E-state index is -0.0180. The molecule has 0 fully saturated rings. The lowest BCUT2D eigenvalue weighted by Crippen LogP contribution is -2.29. The highest BCUT2D eigenvalue weighted by Crippen LogP contribution is 2.22. The summed E-state index contributed by atoms with van der Waals surface area (Å²) in [6.45, 7) is 4.05. The molecule has 0 heterocycles. The number of rotatable bonds is 6. The fourth-order valence-corrected chi connectivity index (χ4v) is 2.71. The van der Waals surface area contributed by atoms with Gasteiger partial charge in [-0.2, -0.15) is 0 Å². The van der Waals surface area contributed by atoms with Crippen LogP contribution >= 0.6 is 11.6 Å². The molecule has 0 aliphatic heterocycles. The van der Waals surface area contributed by atoms with Crippen molar-refractivity contribution in [2.24, 2.45) is 0 Å². The molecule has 0 bridgehead atoms. The number of amides is 1. The molecule has 2 aromatic rings. The van der Waals surface area contributed by atoms with Crippen molar-refractivity contribution >= 4 is 17.5 Å². The second-order valence-electron chi connectivity index (χ2n) is 5.57. The number of ether oxygens (including phenoxy) is 1. The van der Waals surface area contributed by atoms with Gasteiger partial charge in [0.25, 0.3) is 0 Å². The van der Waals surface area contributed by atoms with Gasteiger partial charge in [-0.1, -0.05) is 48.4 Å². The number of methoxy groups -OCH3 is 1. The maximum Gasteiger partial charge on any atom is 0.225 e. The third kappa shape index (κ3) is 4.73. The fourth-order valence-electron chi connectivity index (χ4n) is 2.58. The van der Waals surface area contributed by atoms with Gasteiger partial charge in [0.2, 0.25) is 5.91 Å². The van der Waals surface area contributed by atoms with Gasteiger partial charge < -0.3 is 10.1 Å². The molecule has 1 amide bonds. The van der Waals surface area contributed by atoms with Crippen molar-refractivity contribution < 1.29 is 9.53 Å². The quantitative estimate of drug-likeness (QED) is 0.848. The summed E-state index contributed by atoms with van der Waals surface area (Å²) in [5.41, 5.74) is 3.07. The van der Waals surface area contributed by atoms with E-state index in [4.69, 9.17) is 16.3 Å². The van der Waals surface area contributed by atoms with Crippen LogP contribution in [0, 0.1) is 6.92 Å². The first-order valence-electron chi connectivity index (χ1n) is 7.71. The van der Waals surface area contributed by atoms with Crippen molar-refractivity contribution in [1.29, 1.82) is 0 Å². The highest BCUT2D eigenvalue weighted by molar-refractivity contribution is 6.30. The predicted molar refractivity (Wildman–Crippen MR) is 94.1 cm³/mol. The van der Waals surface area contributed by atoms with E-state index in [1.165, 1.54) is 0 Å². The Labute approximate surface area is 142 Å². The van der Waals surface area contributed by atoms with E-state index in [-0.39, 0.29) is 11.9 Å². The topological polar surface area (TPSA) is 38.3 Å². The molecule has 1 N–H and O–H groups in total. The van der Waals surface area contributed by atoms with Crippen molar-refractivity contribution in [3.63, 3.8) is 0 Å². The van der Waals surface area contributed by atoms with E-state index < -0.39 is 0 Å². The van der Waals surface area contributed by atoms with Gasteiger partial charge in [-0.3, -0.25) is 4.79 Å². The van der Waals surface area contributed by atoms with Gasteiger partial charge >= 0.3 is 0 Å². The summed E-state index contributed by atoms with van der Waals surface area (Å²) >= 11 is 5.92. The van der Waals surface area contributed by atoms with Gasteiger partial charge in [-0.15, -0.1) is 0 Å². The van der Waals surface area contributed by atoms with Crippen LogP contribution in [0.15, 0.2) is 42.5 Å². The zero-order valence-electron chi connectivity index (χ0n) is 13.7. The number of hydrogen-bond donors (Lipinski definition) is 1. The van der Waals surface area contributed by atoms with Crippen LogP contribution in [-0.2, 0) is 11.2 Å². The van der Waals surface area contributed by atoms with Crippen molar-refractivity contribution in [1.82, 2.24) is 5.32 Å². The van der Waals surface area contributed by atoms with Crippen LogP contribution in [0.3, 0.4) is 0 Å². The lowest BCUT2D eigenvalue weighted by atomic mass is 10.0. The molecule has 1 unspecified atom stereocenters. The average Bonchev–Trinajstić information content (AvgIpc) is 2.54. The van der Waals surface area contributed by atoms with E-state index in [1.54, 1.807) is 7.11 Å². The Bertz CT molecular complexity index is 668. The molecule has 2 rings (SSSR count). The standard InChI is InChI=1S/C19H22ClNO2/c1-4-17(14-6-8-16(20)9-7-14)21-19(22)12-15-11-13(2)5-10-18(15)23-3/h5-11,17H,4,12H2,1-3H3,(H,21,22). The van der Waals surface area contributed by atoms with E-state index in [0.717, 1.165) is 28.9 Å². The Hall–Kier alpha value is -2.00. The summed E-state index contributed by atoms with van der Waals surface area (Å²) in [7, 11) is 1.62. The largest absolute Gasteiger partial charge is 0.496 e. The van der Waals surface area contributed by atoms with Crippen LogP contribution in [0.1, 0.15) is 36.1 Å². The summed E-state index contributed by atoms with van der Waals surface area (Å²) in [5, 5.41) is 3.78. The van der Waals surface area contributed by atoms with Crippen LogP contribution < -0.4 is 10.1 Å². The van der Waals surface area contributed by atoms with Gasteiger partial charge in [0.1, 0.15) is 5.75 Å². The Morgan fingerprint density at radius 2 is 1.91 bits per heavy atom.